The number of hydrogen-bond donors (Lipinski definition) is 0. The first-order valence-corrected chi connectivity index (χ1v) is 12.4. The predicted molar refractivity (Wildman–Crippen MR) is 133 cm³/mol. The van der Waals surface area contributed by atoms with Gasteiger partial charge in [-0.1, -0.05) is 48.5 Å². The molecule has 178 valence electrons. The second-order valence-electron chi connectivity index (χ2n) is 8.25. The van der Waals surface area contributed by atoms with Crippen molar-refractivity contribution >= 4 is 23.2 Å². The Bertz CT molecular complexity index is 1070. The Morgan fingerprint density at radius 3 is 2.53 bits per heavy atom. The van der Waals surface area contributed by atoms with Gasteiger partial charge in [-0.05, 0) is 41.1 Å². The minimum absolute atomic E-state index is 0.0241. The third-order valence-corrected chi connectivity index (χ3v) is 7.01. The van der Waals surface area contributed by atoms with Crippen LogP contribution in [0.1, 0.15) is 22.0 Å². The average Bonchev–Trinajstić information content (AvgIpc) is 3.35. The molecule has 0 saturated carbocycles. The van der Waals surface area contributed by atoms with Crippen molar-refractivity contribution in [3.05, 3.63) is 88.1 Å². The van der Waals surface area contributed by atoms with Gasteiger partial charge in [-0.25, -0.2) is 0 Å². The van der Waals surface area contributed by atoms with E-state index in [1.807, 2.05) is 65.6 Å². The van der Waals surface area contributed by atoms with Gasteiger partial charge in [0.25, 0.3) is 0 Å². The number of hydrogen-bond acceptors (Lipinski definition) is 5. The van der Waals surface area contributed by atoms with E-state index >= 15 is 0 Å². The highest BCUT2D eigenvalue weighted by atomic mass is 32.1. The van der Waals surface area contributed by atoms with Crippen molar-refractivity contribution < 1.29 is 19.1 Å². The molecular formula is C27H30N2O4S. The van der Waals surface area contributed by atoms with Crippen LogP contribution in [0.25, 0.3) is 0 Å². The summed E-state index contributed by atoms with van der Waals surface area (Å²) in [5.74, 6) is 0.620. The minimum atomic E-state index is -0.184. The first-order valence-electron chi connectivity index (χ1n) is 11.5. The fourth-order valence-corrected chi connectivity index (χ4v) is 5.12. The van der Waals surface area contributed by atoms with Crippen molar-refractivity contribution in [1.29, 1.82) is 0 Å². The zero-order chi connectivity index (χ0) is 23.8. The normalized spacial score (nSPS) is 15.0. The summed E-state index contributed by atoms with van der Waals surface area (Å²) >= 11 is 1.72. The Morgan fingerprint density at radius 1 is 1.06 bits per heavy atom. The lowest BCUT2D eigenvalue weighted by Crippen LogP contribution is -2.48. The maximum absolute atomic E-state index is 13.5. The summed E-state index contributed by atoms with van der Waals surface area (Å²) in [6, 6.07) is 21.1. The van der Waals surface area contributed by atoms with Crippen molar-refractivity contribution in [2.75, 3.05) is 40.0 Å². The van der Waals surface area contributed by atoms with Crippen LogP contribution in [0.2, 0.25) is 0 Å². The molecule has 7 heteroatoms. The standard InChI is InChI=1S/C27H30N2O4S/c1-32-16-15-28(26(30)18-21-8-4-2-5-9-21)19-27(31)29-14-12-25-23(13-17-34-25)24(29)20-33-22-10-6-3-7-11-22/h2-11,13,17,24H,12,14-16,18-20H2,1H3/t24-/m1/s1. The second-order valence-corrected chi connectivity index (χ2v) is 9.25. The first-order chi connectivity index (χ1) is 16.7. The zero-order valence-electron chi connectivity index (χ0n) is 19.4. The van der Waals surface area contributed by atoms with Crippen molar-refractivity contribution in [3.8, 4) is 5.75 Å². The molecule has 0 aliphatic carbocycles. The molecular weight excluding hydrogens is 448 g/mol. The van der Waals surface area contributed by atoms with Gasteiger partial charge in [0.1, 0.15) is 12.4 Å². The summed E-state index contributed by atoms with van der Waals surface area (Å²) in [6.45, 7) is 1.76. The van der Waals surface area contributed by atoms with Gasteiger partial charge in [-0.3, -0.25) is 9.59 Å². The van der Waals surface area contributed by atoms with Crippen LogP contribution < -0.4 is 4.74 Å². The molecule has 0 unspecified atom stereocenters. The maximum atomic E-state index is 13.5. The Morgan fingerprint density at radius 2 is 1.79 bits per heavy atom. The van der Waals surface area contributed by atoms with Crippen LogP contribution in [0.4, 0.5) is 0 Å². The number of thiophene rings is 1. The second kappa shape index (κ2) is 11.8. The van der Waals surface area contributed by atoms with Gasteiger partial charge >= 0.3 is 0 Å². The quantitative estimate of drug-likeness (QED) is 0.443. The SMILES string of the molecule is COCCN(CC(=O)N1CCc2sccc2[C@H]1COc1ccccc1)C(=O)Cc1ccccc1. The molecule has 0 N–H and O–H groups in total. The Balaban J connectivity index is 1.47. The molecule has 3 aromatic rings. The molecule has 4 rings (SSSR count). The van der Waals surface area contributed by atoms with E-state index in [-0.39, 0.29) is 30.8 Å². The summed E-state index contributed by atoms with van der Waals surface area (Å²) in [5, 5.41) is 2.07. The van der Waals surface area contributed by atoms with E-state index in [4.69, 9.17) is 9.47 Å². The van der Waals surface area contributed by atoms with Crippen LogP contribution in [-0.2, 0) is 27.2 Å². The Hall–Kier alpha value is -3.16. The van der Waals surface area contributed by atoms with Gasteiger partial charge in [0, 0.05) is 25.1 Å². The van der Waals surface area contributed by atoms with Crippen LogP contribution in [0.15, 0.2) is 72.1 Å². The van der Waals surface area contributed by atoms with Crippen LogP contribution in [0, 0.1) is 0 Å². The highest BCUT2D eigenvalue weighted by Crippen LogP contribution is 2.34. The molecule has 0 bridgehead atoms. The molecule has 0 spiro atoms. The molecule has 2 heterocycles. The van der Waals surface area contributed by atoms with E-state index in [2.05, 4.69) is 11.4 Å². The van der Waals surface area contributed by atoms with Gasteiger partial charge < -0.3 is 19.3 Å². The molecule has 6 nitrogen and oxygen atoms in total. The summed E-state index contributed by atoms with van der Waals surface area (Å²) in [4.78, 5) is 31.4. The fraction of sp³-hybridized carbons (Fsp3) is 0.333. The number of ether oxygens (including phenoxy) is 2. The number of carbonyl (C=O) groups is 2. The van der Waals surface area contributed by atoms with Gasteiger partial charge in [-0.15, -0.1) is 11.3 Å². The first kappa shape index (κ1) is 24.0. The molecule has 1 aromatic heterocycles. The maximum Gasteiger partial charge on any atom is 0.242 e. The molecule has 1 atom stereocenters. The molecule has 1 aliphatic rings. The van der Waals surface area contributed by atoms with E-state index < -0.39 is 0 Å². The average molecular weight is 479 g/mol. The minimum Gasteiger partial charge on any atom is -0.491 e. The van der Waals surface area contributed by atoms with Gasteiger partial charge in [0.05, 0.1) is 25.6 Å². The number of rotatable bonds is 10. The number of amides is 2. The zero-order valence-corrected chi connectivity index (χ0v) is 20.2. The third kappa shape index (κ3) is 6.04. The van der Waals surface area contributed by atoms with Gasteiger partial charge in [0.2, 0.25) is 11.8 Å². The lowest BCUT2D eigenvalue weighted by molar-refractivity contribution is -0.142. The van der Waals surface area contributed by atoms with E-state index in [0.717, 1.165) is 23.3 Å². The largest absolute Gasteiger partial charge is 0.491 e. The number of para-hydroxylation sites is 1. The predicted octanol–water partition coefficient (Wildman–Crippen LogP) is 3.97. The topological polar surface area (TPSA) is 59.1 Å². The highest BCUT2D eigenvalue weighted by Gasteiger charge is 2.33. The van der Waals surface area contributed by atoms with E-state index in [0.29, 0.717) is 26.3 Å². The van der Waals surface area contributed by atoms with Gasteiger partial charge in [-0.2, -0.15) is 0 Å². The van der Waals surface area contributed by atoms with E-state index in [9.17, 15) is 9.59 Å². The van der Waals surface area contributed by atoms with Crippen LogP contribution in [0.3, 0.4) is 0 Å². The number of carbonyl (C=O) groups excluding carboxylic acids is 2. The third-order valence-electron chi connectivity index (χ3n) is 6.01. The Kier molecular flexibility index (Phi) is 8.33. The molecule has 34 heavy (non-hydrogen) atoms. The lowest BCUT2D eigenvalue weighted by atomic mass is 10.0. The molecule has 0 radical (unpaired) electrons. The van der Waals surface area contributed by atoms with Crippen molar-refractivity contribution in [2.24, 2.45) is 0 Å². The molecule has 1 aliphatic heterocycles. The number of methoxy groups -OCH3 is 1. The monoisotopic (exact) mass is 478 g/mol. The number of nitrogens with zero attached hydrogens (tertiary/aromatic N) is 2. The molecule has 2 amide bonds. The summed E-state index contributed by atoms with van der Waals surface area (Å²) < 4.78 is 11.3. The van der Waals surface area contributed by atoms with Gasteiger partial charge in [0.15, 0.2) is 0 Å². The van der Waals surface area contributed by atoms with Crippen LogP contribution >= 0.6 is 11.3 Å². The molecule has 0 saturated heterocycles. The number of fused-ring (bicyclic) bond motifs is 1. The van der Waals surface area contributed by atoms with Crippen LogP contribution in [0.5, 0.6) is 5.75 Å². The summed E-state index contributed by atoms with van der Waals surface area (Å²) in [6.07, 6.45) is 1.07. The molecule has 2 aromatic carbocycles. The highest BCUT2D eigenvalue weighted by molar-refractivity contribution is 7.10. The van der Waals surface area contributed by atoms with Crippen LogP contribution in [-0.4, -0.2) is 61.6 Å². The van der Waals surface area contributed by atoms with Crippen molar-refractivity contribution in [2.45, 2.75) is 18.9 Å². The van der Waals surface area contributed by atoms with E-state index in [1.165, 1.54) is 4.88 Å². The molecule has 0 fully saturated rings. The summed E-state index contributed by atoms with van der Waals surface area (Å²) in [5.41, 5.74) is 2.07. The lowest BCUT2D eigenvalue weighted by Gasteiger charge is -2.37. The van der Waals surface area contributed by atoms with E-state index in [1.54, 1.807) is 23.3 Å². The number of benzene rings is 2. The summed E-state index contributed by atoms with van der Waals surface area (Å²) in [7, 11) is 1.60. The Labute approximate surface area is 204 Å². The fourth-order valence-electron chi connectivity index (χ4n) is 4.20. The smallest absolute Gasteiger partial charge is 0.242 e. The van der Waals surface area contributed by atoms with Crippen molar-refractivity contribution in [1.82, 2.24) is 9.80 Å². The van der Waals surface area contributed by atoms with Crippen molar-refractivity contribution in [3.63, 3.8) is 0 Å².